The lowest BCUT2D eigenvalue weighted by molar-refractivity contribution is -0.299. The Hall–Kier alpha value is -0.950. The van der Waals surface area contributed by atoms with Gasteiger partial charge in [-0.15, -0.1) is 0 Å². The van der Waals surface area contributed by atoms with Crippen molar-refractivity contribution < 1.29 is 50.0 Å². The van der Waals surface area contributed by atoms with Gasteiger partial charge in [0.05, 0.1) is 25.4 Å². The first-order valence-electron chi connectivity index (χ1n) is 13.4. The second-order valence-corrected chi connectivity index (χ2v) is 12.7. The molecule has 0 radical (unpaired) electrons. The number of hydrogen-bond donors (Lipinski definition) is 7. The van der Waals surface area contributed by atoms with Gasteiger partial charge in [-0.3, -0.25) is 4.79 Å². The minimum Gasteiger partial charge on any atom is -0.396 e. The van der Waals surface area contributed by atoms with E-state index in [2.05, 4.69) is 13.0 Å². The van der Waals surface area contributed by atoms with Gasteiger partial charge in [-0.25, -0.2) is 0 Å². The first-order valence-corrected chi connectivity index (χ1v) is 13.4. The Bertz CT molecular complexity index is 877. The summed E-state index contributed by atoms with van der Waals surface area (Å²) in [5.41, 5.74) is -0.162. The van der Waals surface area contributed by atoms with Gasteiger partial charge < -0.3 is 45.2 Å². The second kappa shape index (κ2) is 10.6. The molecule has 4 rings (SSSR count). The van der Waals surface area contributed by atoms with Crippen LogP contribution in [0, 0.1) is 28.1 Å². The van der Waals surface area contributed by atoms with E-state index in [0.29, 0.717) is 6.42 Å². The van der Waals surface area contributed by atoms with Gasteiger partial charge >= 0.3 is 0 Å². The van der Waals surface area contributed by atoms with Crippen molar-refractivity contribution in [3.8, 4) is 0 Å². The first-order chi connectivity index (χ1) is 17.3. The molecule has 10 heteroatoms. The zero-order chi connectivity index (χ0) is 27.3. The minimum atomic E-state index is -1.56. The van der Waals surface area contributed by atoms with Gasteiger partial charge in [-0.05, 0) is 54.8 Å². The summed E-state index contributed by atoms with van der Waals surface area (Å²) >= 11 is 0. The minimum absolute atomic E-state index is 0.0727. The molecule has 0 aromatic carbocycles. The van der Waals surface area contributed by atoms with Crippen LogP contribution in [-0.4, -0.2) is 104 Å². The monoisotopic (exact) mass is 528 g/mol. The molecular weight excluding hydrogens is 484 g/mol. The fourth-order valence-electron chi connectivity index (χ4n) is 7.96. The molecule has 212 valence electrons. The maximum Gasteiger partial charge on any atom is 0.187 e. The molecular formula is C27H44O10. The molecule has 1 saturated heterocycles. The fourth-order valence-corrected chi connectivity index (χ4v) is 7.96. The fraction of sp³-hybridized carbons (Fsp3) is 0.889. The molecule has 37 heavy (non-hydrogen) atoms. The van der Waals surface area contributed by atoms with E-state index in [4.69, 9.17) is 9.47 Å². The van der Waals surface area contributed by atoms with E-state index in [0.717, 1.165) is 25.7 Å². The number of carbonyl (C=O) groups excluding carboxylic acids is 1. The Morgan fingerprint density at radius 2 is 1.76 bits per heavy atom. The molecule has 2 saturated carbocycles. The van der Waals surface area contributed by atoms with Crippen molar-refractivity contribution in [3.05, 3.63) is 11.6 Å². The van der Waals surface area contributed by atoms with Crippen molar-refractivity contribution in [2.75, 3.05) is 19.8 Å². The Morgan fingerprint density at radius 1 is 1.05 bits per heavy atom. The van der Waals surface area contributed by atoms with Crippen LogP contribution in [0.1, 0.15) is 59.3 Å². The lowest BCUT2D eigenvalue weighted by Gasteiger charge is -2.62. The van der Waals surface area contributed by atoms with Crippen LogP contribution in [0.25, 0.3) is 0 Å². The quantitative estimate of drug-likeness (QED) is 0.216. The van der Waals surface area contributed by atoms with E-state index >= 15 is 0 Å². The molecule has 1 aliphatic heterocycles. The molecule has 0 bridgehead atoms. The molecule has 4 aliphatic rings. The molecule has 0 amide bonds. The van der Waals surface area contributed by atoms with Crippen molar-refractivity contribution >= 4 is 5.78 Å². The maximum absolute atomic E-state index is 12.9. The summed E-state index contributed by atoms with van der Waals surface area (Å²) in [6.45, 7) is 4.98. The highest BCUT2D eigenvalue weighted by Gasteiger charge is 2.61. The van der Waals surface area contributed by atoms with Crippen LogP contribution >= 0.6 is 0 Å². The van der Waals surface area contributed by atoms with E-state index in [1.807, 2.05) is 13.8 Å². The molecule has 1 heterocycles. The van der Waals surface area contributed by atoms with Crippen LogP contribution < -0.4 is 0 Å². The summed E-state index contributed by atoms with van der Waals surface area (Å²) in [5, 5.41) is 70.9. The van der Waals surface area contributed by atoms with Crippen LogP contribution in [0.3, 0.4) is 0 Å². The molecule has 0 aromatic heterocycles. The highest BCUT2D eigenvalue weighted by atomic mass is 16.7. The lowest BCUT2D eigenvalue weighted by Crippen LogP contribution is -2.62. The molecule has 0 unspecified atom stereocenters. The largest absolute Gasteiger partial charge is 0.396 e. The van der Waals surface area contributed by atoms with Crippen LogP contribution in [0.2, 0.25) is 0 Å². The summed E-state index contributed by atoms with van der Waals surface area (Å²) in [6.07, 6.45) is -2.82. The van der Waals surface area contributed by atoms with Gasteiger partial charge in [-0.1, -0.05) is 32.4 Å². The predicted octanol–water partition coefficient (Wildman–Crippen LogP) is -0.355. The van der Waals surface area contributed by atoms with E-state index in [9.17, 15) is 40.5 Å². The number of allylic oxidation sites excluding steroid dienone is 2. The van der Waals surface area contributed by atoms with Crippen LogP contribution in [-0.2, 0) is 14.3 Å². The summed E-state index contributed by atoms with van der Waals surface area (Å²) in [5.74, 6) is 0.0787. The highest BCUT2D eigenvalue weighted by Crippen LogP contribution is 2.64. The number of fused-ring (bicyclic) bond motifs is 3. The van der Waals surface area contributed by atoms with Crippen molar-refractivity contribution in [3.63, 3.8) is 0 Å². The summed E-state index contributed by atoms with van der Waals surface area (Å²) < 4.78 is 10.8. The molecule has 0 spiro atoms. The van der Waals surface area contributed by atoms with Crippen LogP contribution in [0.5, 0.6) is 0 Å². The van der Waals surface area contributed by atoms with Gasteiger partial charge in [-0.2, -0.15) is 0 Å². The van der Waals surface area contributed by atoms with Gasteiger partial charge in [0.1, 0.15) is 31.0 Å². The standard InChI is InChI=1S/C27H44O10/c1-25(9-15(30)12-36-24-22(34)21(33)20(32)18(11-28)37-24)7-6-16-14(8-25)4-5-19-26(16,2)10-17(31)23(35)27(19,3)13-29/h8,16-24,28-29,31-35H,4-7,9-13H2,1-3H3/t16-,17+,18-,19+,20-,21+,22-,23+,24-,25+,26+,27+/m1/s1. The zero-order valence-corrected chi connectivity index (χ0v) is 22.0. The third-order valence-electron chi connectivity index (χ3n) is 9.98. The van der Waals surface area contributed by atoms with Gasteiger partial charge in [0.2, 0.25) is 0 Å². The summed E-state index contributed by atoms with van der Waals surface area (Å²) in [6, 6.07) is 0. The average Bonchev–Trinajstić information content (AvgIpc) is 2.85. The van der Waals surface area contributed by atoms with E-state index in [1.54, 1.807) is 0 Å². The number of rotatable bonds is 7. The third-order valence-corrected chi connectivity index (χ3v) is 9.98. The average molecular weight is 529 g/mol. The Labute approximate surface area is 217 Å². The zero-order valence-electron chi connectivity index (χ0n) is 22.0. The van der Waals surface area contributed by atoms with Gasteiger partial charge in [0, 0.05) is 11.8 Å². The maximum atomic E-state index is 12.9. The smallest absolute Gasteiger partial charge is 0.187 e. The number of aliphatic hydroxyl groups is 7. The van der Waals surface area contributed by atoms with Crippen LogP contribution in [0.15, 0.2) is 11.6 Å². The molecule has 3 fully saturated rings. The number of hydrogen-bond acceptors (Lipinski definition) is 10. The third kappa shape index (κ3) is 5.05. The van der Waals surface area contributed by atoms with Gasteiger partial charge in [0.15, 0.2) is 12.1 Å². The molecule has 0 aromatic rings. The lowest BCUT2D eigenvalue weighted by atomic mass is 9.44. The van der Waals surface area contributed by atoms with Crippen molar-refractivity contribution in [1.29, 1.82) is 0 Å². The van der Waals surface area contributed by atoms with Crippen molar-refractivity contribution in [2.24, 2.45) is 28.1 Å². The summed E-state index contributed by atoms with van der Waals surface area (Å²) in [7, 11) is 0. The first kappa shape index (κ1) is 29.0. The molecule has 12 atom stereocenters. The number of Topliss-reactive ketones (excluding diaryl/α,β-unsaturated/α-hetero) is 1. The topological polar surface area (TPSA) is 177 Å². The van der Waals surface area contributed by atoms with Crippen LogP contribution in [0.4, 0.5) is 0 Å². The SMILES string of the molecule is C[C@@]1(CC(=O)CO[C@@H]2O[C@H](CO)[C@@H](O)[C@H](O)[C@H]2O)C=C2CC[C@@H]3[C@](C)(CO)[C@@H](O)[C@@H](O)C[C@@]3(C)[C@@H]2CC1. The number of ether oxygens (including phenoxy) is 2. The van der Waals surface area contributed by atoms with E-state index in [1.165, 1.54) is 5.57 Å². The Kier molecular flexibility index (Phi) is 8.28. The van der Waals surface area contributed by atoms with E-state index in [-0.39, 0.29) is 42.7 Å². The molecule has 7 N–H and O–H groups in total. The molecule has 3 aliphatic carbocycles. The van der Waals surface area contributed by atoms with E-state index < -0.39 is 60.4 Å². The summed E-state index contributed by atoms with van der Waals surface area (Å²) in [4.78, 5) is 12.9. The second-order valence-electron chi connectivity index (χ2n) is 12.7. The Balaban J connectivity index is 1.42. The number of ketones is 1. The Morgan fingerprint density at radius 3 is 2.41 bits per heavy atom. The normalized spacial score (nSPS) is 50.1. The van der Waals surface area contributed by atoms with Crippen molar-refractivity contribution in [2.45, 2.75) is 102 Å². The van der Waals surface area contributed by atoms with Gasteiger partial charge in [0.25, 0.3) is 0 Å². The number of carbonyl (C=O) groups is 1. The predicted molar refractivity (Wildman–Crippen MR) is 131 cm³/mol. The van der Waals surface area contributed by atoms with Crippen molar-refractivity contribution in [1.82, 2.24) is 0 Å². The number of aliphatic hydroxyl groups excluding tert-OH is 7. The molecule has 10 nitrogen and oxygen atoms in total. The highest BCUT2D eigenvalue weighted by molar-refractivity contribution is 5.80.